The van der Waals surface area contributed by atoms with E-state index in [0.717, 1.165) is 106 Å². The SMILES string of the molecule is c1ccc(-c2ccc(N(c3ccc4c(c3)[Si](c3ccc5c(c3)oc3ccccc35)(c3ccc5c(c3)oc3ccccc35)c3ccccc3N4c3ccccc3)c3cccc4c3oc3ccccc34)cc2)cc1. The summed E-state index contributed by atoms with van der Waals surface area (Å²) >= 11 is 0. The molecular weight excluding hydrogens is 897 g/mol. The zero-order valence-electron chi connectivity index (χ0n) is 38.9. The number of fused-ring (bicyclic) bond motifs is 11. The van der Waals surface area contributed by atoms with Gasteiger partial charge in [0.05, 0.1) is 5.69 Å². The first-order valence-electron chi connectivity index (χ1n) is 24.5. The van der Waals surface area contributed by atoms with Crippen molar-refractivity contribution in [2.24, 2.45) is 0 Å². The van der Waals surface area contributed by atoms with Crippen LogP contribution in [0.4, 0.5) is 34.1 Å². The van der Waals surface area contributed by atoms with Crippen LogP contribution in [0.2, 0.25) is 0 Å². The molecule has 0 saturated carbocycles. The molecule has 6 heteroatoms. The average molecular weight is 939 g/mol. The Morgan fingerprint density at radius 2 is 0.819 bits per heavy atom. The highest BCUT2D eigenvalue weighted by atomic mass is 28.3. The van der Waals surface area contributed by atoms with E-state index in [0.29, 0.717) is 0 Å². The fourth-order valence-electron chi connectivity index (χ4n) is 11.8. The van der Waals surface area contributed by atoms with Crippen molar-refractivity contribution in [3.63, 3.8) is 0 Å². The maximum Gasteiger partial charge on any atom is 0.184 e. The van der Waals surface area contributed by atoms with Crippen LogP contribution in [-0.2, 0) is 0 Å². The molecule has 0 unspecified atom stereocenters. The summed E-state index contributed by atoms with van der Waals surface area (Å²) in [6, 6.07) is 92.0. The summed E-state index contributed by atoms with van der Waals surface area (Å²) in [5.74, 6) is 0. The van der Waals surface area contributed by atoms with Gasteiger partial charge in [-0.3, -0.25) is 0 Å². The maximum absolute atomic E-state index is 6.88. The quantitative estimate of drug-likeness (QED) is 0.149. The monoisotopic (exact) mass is 938 g/mol. The van der Waals surface area contributed by atoms with Gasteiger partial charge >= 0.3 is 0 Å². The van der Waals surface area contributed by atoms with Crippen LogP contribution in [0.1, 0.15) is 0 Å². The molecule has 0 fully saturated rings. The molecule has 338 valence electrons. The Balaban J connectivity index is 1.06. The van der Waals surface area contributed by atoms with Crippen LogP contribution in [0, 0.1) is 0 Å². The van der Waals surface area contributed by atoms with Gasteiger partial charge in [-0.15, -0.1) is 0 Å². The summed E-state index contributed by atoms with van der Waals surface area (Å²) in [6.45, 7) is 0. The summed E-state index contributed by atoms with van der Waals surface area (Å²) in [4.78, 5) is 4.84. The minimum Gasteiger partial charge on any atom is -0.456 e. The lowest BCUT2D eigenvalue weighted by molar-refractivity contribution is 0.668. The summed E-state index contributed by atoms with van der Waals surface area (Å²) in [7, 11) is -3.41. The Kier molecular flexibility index (Phi) is 8.91. The van der Waals surface area contributed by atoms with Crippen molar-refractivity contribution in [3.8, 4) is 11.1 Å². The third-order valence-corrected chi connectivity index (χ3v) is 19.7. The van der Waals surface area contributed by atoms with Gasteiger partial charge in [0.25, 0.3) is 0 Å². The second-order valence-corrected chi connectivity index (χ2v) is 22.5. The molecule has 0 radical (unpaired) electrons. The molecular formula is C66H42N2O3Si. The molecule has 0 amide bonds. The number of nitrogens with zero attached hydrogens (tertiary/aromatic N) is 2. The minimum atomic E-state index is -3.41. The number of hydrogen-bond donors (Lipinski definition) is 0. The number of hydrogen-bond acceptors (Lipinski definition) is 5. The van der Waals surface area contributed by atoms with Crippen molar-refractivity contribution >= 4 is 129 Å². The Morgan fingerprint density at radius 1 is 0.319 bits per heavy atom. The number of benzene rings is 11. The highest BCUT2D eigenvalue weighted by Gasteiger charge is 2.50. The van der Waals surface area contributed by atoms with Crippen LogP contribution in [0.25, 0.3) is 76.9 Å². The molecule has 3 aromatic heterocycles. The van der Waals surface area contributed by atoms with Crippen molar-refractivity contribution in [2.45, 2.75) is 0 Å². The van der Waals surface area contributed by atoms with E-state index < -0.39 is 8.07 Å². The molecule has 4 heterocycles. The number of rotatable bonds is 7. The molecule has 0 saturated heterocycles. The second-order valence-electron chi connectivity index (χ2n) is 18.8. The normalized spacial score (nSPS) is 13.1. The van der Waals surface area contributed by atoms with E-state index in [-0.39, 0.29) is 0 Å². The lowest BCUT2D eigenvalue weighted by Gasteiger charge is -2.45. The Labute approximate surface area is 415 Å². The van der Waals surface area contributed by atoms with Gasteiger partial charge in [0.2, 0.25) is 0 Å². The van der Waals surface area contributed by atoms with Crippen LogP contribution in [-0.4, -0.2) is 8.07 Å². The van der Waals surface area contributed by atoms with Crippen LogP contribution < -0.4 is 30.5 Å². The largest absolute Gasteiger partial charge is 0.456 e. The van der Waals surface area contributed by atoms with E-state index in [4.69, 9.17) is 13.3 Å². The zero-order chi connectivity index (χ0) is 47.3. The average Bonchev–Trinajstić information content (AvgIpc) is 4.15. The van der Waals surface area contributed by atoms with Crippen LogP contribution in [0.5, 0.6) is 0 Å². The Bertz CT molecular complexity index is 4310. The van der Waals surface area contributed by atoms with Crippen LogP contribution in [0.15, 0.2) is 268 Å². The predicted molar refractivity (Wildman–Crippen MR) is 300 cm³/mol. The molecule has 1 aliphatic heterocycles. The van der Waals surface area contributed by atoms with Crippen LogP contribution >= 0.6 is 0 Å². The summed E-state index contributed by atoms with van der Waals surface area (Å²) in [6.07, 6.45) is 0. The zero-order valence-corrected chi connectivity index (χ0v) is 39.9. The van der Waals surface area contributed by atoms with Gasteiger partial charge in [0.1, 0.15) is 27.9 Å². The number of furan rings is 3. The van der Waals surface area contributed by atoms with E-state index in [9.17, 15) is 0 Å². The first kappa shape index (κ1) is 40.5. The Morgan fingerprint density at radius 3 is 1.49 bits per heavy atom. The highest BCUT2D eigenvalue weighted by molar-refractivity contribution is 7.21. The van der Waals surface area contributed by atoms with Crippen molar-refractivity contribution < 1.29 is 13.3 Å². The maximum atomic E-state index is 6.88. The van der Waals surface area contributed by atoms with Gasteiger partial charge in [-0.1, -0.05) is 170 Å². The molecule has 0 aliphatic carbocycles. The molecule has 11 aromatic carbocycles. The number of para-hydroxylation sites is 6. The van der Waals surface area contributed by atoms with E-state index in [1.165, 1.54) is 26.3 Å². The fourth-order valence-corrected chi connectivity index (χ4v) is 16.8. The lowest BCUT2D eigenvalue weighted by atomic mass is 10.0. The molecule has 0 N–H and O–H groups in total. The van der Waals surface area contributed by atoms with Crippen molar-refractivity contribution in [2.75, 3.05) is 9.80 Å². The highest BCUT2D eigenvalue weighted by Crippen LogP contribution is 2.45. The number of anilines is 6. The van der Waals surface area contributed by atoms with Gasteiger partial charge in [-0.05, 0) is 117 Å². The van der Waals surface area contributed by atoms with Gasteiger partial charge in [0.15, 0.2) is 13.7 Å². The van der Waals surface area contributed by atoms with Crippen molar-refractivity contribution in [1.82, 2.24) is 0 Å². The third kappa shape index (κ3) is 6.00. The van der Waals surface area contributed by atoms with Crippen LogP contribution in [0.3, 0.4) is 0 Å². The van der Waals surface area contributed by atoms with Gasteiger partial charge in [-0.2, -0.15) is 0 Å². The topological polar surface area (TPSA) is 45.9 Å². The van der Waals surface area contributed by atoms with Gasteiger partial charge in [-0.25, -0.2) is 0 Å². The van der Waals surface area contributed by atoms with E-state index >= 15 is 0 Å². The first-order valence-corrected chi connectivity index (χ1v) is 26.5. The summed E-state index contributed by atoms with van der Waals surface area (Å²) in [5.41, 5.74) is 13.8. The smallest absolute Gasteiger partial charge is 0.184 e. The molecule has 1 aliphatic rings. The van der Waals surface area contributed by atoms with Gasteiger partial charge in [0, 0.05) is 60.8 Å². The first-order chi connectivity index (χ1) is 35.7. The summed E-state index contributed by atoms with van der Waals surface area (Å²) < 4.78 is 20.5. The predicted octanol–water partition coefficient (Wildman–Crippen LogP) is 15.7. The lowest BCUT2D eigenvalue weighted by Crippen LogP contribution is -2.77. The van der Waals surface area contributed by atoms with E-state index in [2.05, 4.69) is 246 Å². The molecule has 0 atom stereocenters. The molecule has 5 nitrogen and oxygen atoms in total. The van der Waals surface area contributed by atoms with Gasteiger partial charge < -0.3 is 23.1 Å². The van der Waals surface area contributed by atoms with Crippen molar-refractivity contribution in [3.05, 3.63) is 255 Å². The van der Waals surface area contributed by atoms with E-state index in [1.54, 1.807) is 0 Å². The third-order valence-electron chi connectivity index (χ3n) is 14.9. The fraction of sp³-hybridized carbons (Fsp3) is 0. The standard InChI is InChI=1S/C66H42N2O3Si/c1-3-16-43(17-4-1)44-30-32-46(33-31-44)67(58-25-15-23-55-52-22-9-13-28-61(52)71-66(55)58)47-34-39-57-65(40-47)72(48-35-37-53-50-20-7-11-26-59(50)69-62(53)41-48,49-36-38-54-51-21-8-12-27-60(51)70-63(54)42-49)64-29-14-10-24-56(64)68(57)45-18-5-2-6-19-45/h1-42H. The second kappa shape index (κ2) is 15.8. The molecule has 72 heavy (non-hydrogen) atoms. The Hall–Kier alpha value is -9.36. The molecule has 0 spiro atoms. The van der Waals surface area contributed by atoms with Crippen molar-refractivity contribution in [1.29, 1.82) is 0 Å². The molecule has 0 bridgehead atoms. The minimum absolute atomic E-state index is 0.828. The van der Waals surface area contributed by atoms with E-state index in [1.807, 2.05) is 18.2 Å². The summed E-state index contributed by atoms with van der Waals surface area (Å²) in [5, 5.41) is 11.5. The molecule has 14 aromatic rings. The molecule has 15 rings (SSSR count).